The predicted octanol–water partition coefficient (Wildman–Crippen LogP) is 2.52. The number of thioether (sulfide) groups is 1. The summed E-state index contributed by atoms with van der Waals surface area (Å²) in [7, 11) is 1.34. The van der Waals surface area contributed by atoms with Gasteiger partial charge in [-0.25, -0.2) is 4.98 Å². The van der Waals surface area contributed by atoms with Gasteiger partial charge in [-0.1, -0.05) is 30.0 Å². The Morgan fingerprint density at radius 1 is 1.23 bits per heavy atom. The molecule has 7 heteroatoms. The van der Waals surface area contributed by atoms with Gasteiger partial charge in [-0.05, 0) is 37.8 Å². The second-order valence-electron chi connectivity index (χ2n) is 6.13. The summed E-state index contributed by atoms with van der Waals surface area (Å²) < 4.78 is 6.75. The van der Waals surface area contributed by atoms with E-state index in [2.05, 4.69) is 26.8 Å². The van der Waals surface area contributed by atoms with Crippen molar-refractivity contribution < 1.29 is 14.3 Å². The van der Waals surface area contributed by atoms with Crippen LogP contribution in [0.4, 0.5) is 0 Å². The summed E-state index contributed by atoms with van der Waals surface area (Å²) in [6, 6.07) is 10.2. The van der Waals surface area contributed by atoms with Gasteiger partial charge in [0.25, 0.3) is 0 Å². The average molecular weight is 373 g/mol. The molecule has 138 valence electrons. The SMILES string of the molecule is COC(=O)CCNC(=O)CSc1nc2c(n1-c1ccccc1)CCCC2. The number of fused-ring (bicyclic) bond motifs is 1. The fraction of sp³-hybridized carbons (Fsp3) is 0.421. The fourth-order valence-corrected chi connectivity index (χ4v) is 3.92. The highest BCUT2D eigenvalue weighted by Crippen LogP contribution is 2.30. The van der Waals surface area contributed by atoms with E-state index in [1.165, 1.54) is 31.0 Å². The van der Waals surface area contributed by atoms with Crippen molar-refractivity contribution in [3.8, 4) is 5.69 Å². The lowest BCUT2D eigenvalue weighted by atomic mass is 10.0. The molecule has 1 aromatic heterocycles. The van der Waals surface area contributed by atoms with Crippen molar-refractivity contribution in [3.05, 3.63) is 41.7 Å². The standard InChI is InChI=1S/C19H23N3O3S/c1-25-18(24)11-12-20-17(23)13-26-19-21-15-9-5-6-10-16(15)22(19)14-7-3-2-4-8-14/h2-4,7-8H,5-6,9-13H2,1H3,(H,20,23). The van der Waals surface area contributed by atoms with Crippen LogP contribution in [0.5, 0.6) is 0 Å². The molecule has 1 aliphatic carbocycles. The topological polar surface area (TPSA) is 73.2 Å². The van der Waals surface area contributed by atoms with E-state index >= 15 is 0 Å². The van der Waals surface area contributed by atoms with Gasteiger partial charge in [-0.2, -0.15) is 0 Å². The maximum absolute atomic E-state index is 12.1. The molecular formula is C19H23N3O3S. The molecule has 3 rings (SSSR count). The zero-order chi connectivity index (χ0) is 18.4. The molecule has 6 nitrogen and oxygen atoms in total. The first-order valence-electron chi connectivity index (χ1n) is 8.81. The van der Waals surface area contributed by atoms with Crippen LogP contribution in [0.15, 0.2) is 35.5 Å². The van der Waals surface area contributed by atoms with E-state index in [1.54, 1.807) is 0 Å². The van der Waals surface area contributed by atoms with Crippen molar-refractivity contribution in [1.82, 2.24) is 14.9 Å². The Morgan fingerprint density at radius 3 is 2.77 bits per heavy atom. The number of hydrogen-bond donors (Lipinski definition) is 1. The van der Waals surface area contributed by atoms with E-state index in [4.69, 9.17) is 4.98 Å². The summed E-state index contributed by atoms with van der Waals surface area (Å²) in [6.45, 7) is 0.287. The van der Waals surface area contributed by atoms with E-state index < -0.39 is 0 Å². The number of hydrogen-bond acceptors (Lipinski definition) is 5. The molecule has 0 unspecified atom stereocenters. The summed E-state index contributed by atoms with van der Waals surface area (Å²) in [4.78, 5) is 27.9. The van der Waals surface area contributed by atoms with Crippen LogP contribution in [0, 0.1) is 0 Å². The predicted molar refractivity (Wildman–Crippen MR) is 101 cm³/mol. The van der Waals surface area contributed by atoms with Gasteiger partial charge in [-0.3, -0.25) is 14.2 Å². The molecule has 26 heavy (non-hydrogen) atoms. The highest BCUT2D eigenvalue weighted by Gasteiger charge is 2.21. The highest BCUT2D eigenvalue weighted by molar-refractivity contribution is 7.99. The largest absolute Gasteiger partial charge is 0.469 e. The van der Waals surface area contributed by atoms with Gasteiger partial charge in [0.05, 0.1) is 25.0 Å². The maximum Gasteiger partial charge on any atom is 0.307 e. The lowest BCUT2D eigenvalue weighted by Gasteiger charge is -2.15. The number of carbonyl (C=O) groups is 2. The Balaban J connectivity index is 1.69. The number of nitrogens with zero attached hydrogens (tertiary/aromatic N) is 2. The molecule has 0 spiro atoms. The third kappa shape index (κ3) is 4.46. The molecule has 2 aromatic rings. The molecular weight excluding hydrogens is 350 g/mol. The third-order valence-electron chi connectivity index (χ3n) is 4.33. The zero-order valence-electron chi connectivity index (χ0n) is 14.9. The van der Waals surface area contributed by atoms with E-state index in [9.17, 15) is 9.59 Å². The Bertz CT molecular complexity index is 774. The monoisotopic (exact) mass is 373 g/mol. The number of methoxy groups -OCH3 is 1. The van der Waals surface area contributed by atoms with Crippen LogP contribution in [0.1, 0.15) is 30.7 Å². The lowest BCUT2D eigenvalue weighted by molar-refractivity contribution is -0.140. The molecule has 0 bridgehead atoms. The minimum Gasteiger partial charge on any atom is -0.469 e. The van der Waals surface area contributed by atoms with Crippen LogP contribution < -0.4 is 5.32 Å². The number of rotatable bonds is 7. The van der Waals surface area contributed by atoms with Crippen LogP contribution in [0.2, 0.25) is 0 Å². The van der Waals surface area contributed by atoms with E-state index in [1.807, 2.05) is 18.2 Å². The molecule has 0 fully saturated rings. The molecule has 0 atom stereocenters. The van der Waals surface area contributed by atoms with Gasteiger partial charge < -0.3 is 10.1 Å². The number of benzene rings is 1. The molecule has 0 saturated heterocycles. The van der Waals surface area contributed by atoms with E-state index in [0.717, 1.165) is 35.8 Å². The van der Waals surface area contributed by atoms with Crippen LogP contribution in [0.3, 0.4) is 0 Å². The van der Waals surface area contributed by atoms with Crippen molar-refractivity contribution in [1.29, 1.82) is 0 Å². The summed E-state index contributed by atoms with van der Waals surface area (Å²) in [5.41, 5.74) is 3.49. The zero-order valence-corrected chi connectivity index (χ0v) is 15.7. The first-order chi connectivity index (χ1) is 12.7. The first kappa shape index (κ1) is 18.5. The van der Waals surface area contributed by atoms with Gasteiger partial charge in [-0.15, -0.1) is 0 Å². The number of aryl methyl sites for hydroxylation is 1. The quantitative estimate of drug-likeness (QED) is 0.596. The lowest BCUT2D eigenvalue weighted by Crippen LogP contribution is -2.27. The second kappa shape index (κ2) is 8.89. The number of ether oxygens (including phenoxy) is 1. The maximum atomic E-state index is 12.1. The van der Waals surface area contributed by atoms with Gasteiger partial charge in [0, 0.05) is 17.9 Å². The van der Waals surface area contributed by atoms with Crippen molar-refractivity contribution in [3.63, 3.8) is 0 Å². The molecule has 1 N–H and O–H groups in total. The van der Waals surface area contributed by atoms with Gasteiger partial charge >= 0.3 is 5.97 Å². The number of carbonyl (C=O) groups excluding carboxylic acids is 2. The number of nitrogens with one attached hydrogen (secondary N) is 1. The Labute approximate surface area is 157 Å². The van der Waals surface area contributed by atoms with Crippen molar-refractivity contribution in [2.75, 3.05) is 19.4 Å². The van der Waals surface area contributed by atoms with Gasteiger partial charge in [0.1, 0.15) is 0 Å². The normalized spacial score (nSPS) is 13.1. The van der Waals surface area contributed by atoms with Crippen molar-refractivity contribution in [2.45, 2.75) is 37.3 Å². The minimum absolute atomic E-state index is 0.112. The number of imidazole rings is 1. The molecule has 1 heterocycles. The summed E-state index contributed by atoms with van der Waals surface area (Å²) in [6.07, 6.45) is 4.53. The first-order valence-corrected chi connectivity index (χ1v) is 9.80. The second-order valence-corrected chi connectivity index (χ2v) is 7.07. The van der Waals surface area contributed by atoms with Gasteiger partial charge in [0.15, 0.2) is 5.16 Å². The van der Waals surface area contributed by atoms with Crippen LogP contribution >= 0.6 is 11.8 Å². The minimum atomic E-state index is -0.328. The summed E-state index contributed by atoms with van der Waals surface area (Å²) >= 11 is 1.43. The Kier molecular flexibility index (Phi) is 6.33. The van der Waals surface area contributed by atoms with Crippen LogP contribution in [-0.4, -0.2) is 40.8 Å². The van der Waals surface area contributed by atoms with Crippen molar-refractivity contribution in [2.24, 2.45) is 0 Å². The van der Waals surface area contributed by atoms with Crippen LogP contribution in [0.25, 0.3) is 5.69 Å². The summed E-state index contributed by atoms with van der Waals surface area (Å²) in [5, 5.41) is 3.59. The molecule has 1 aromatic carbocycles. The van der Waals surface area contributed by atoms with E-state index in [0.29, 0.717) is 0 Å². The number of aromatic nitrogens is 2. The Hall–Kier alpha value is -2.28. The molecule has 1 aliphatic rings. The number of amides is 1. The smallest absolute Gasteiger partial charge is 0.307 e. The number of para-hydroxylation sites is 1. The fourth-order valence-electron chi connectivity index (χ4n) is 3.04. The molecule has 0 aliphatic heterocycles. The Morgan fingerprint density at radius 2 is 2.00 bits per heavy atom. The van der Waals surface area contributed by atoms with E-state index in [-0.39, 0.29) is 30.6 Å². The average Bonchev–Trinajstić information content (AvgIpc) is 3.05. The molecule has 0 saturated carbocycles. The third-order valence-corrected chi connectivity index (χ3v) is 5.27. The summed E-state index contributed by atoms with van der Waals surface area (Å²) in [5.74, 6) is -0.172. The van der Waals surface area contributed by atoms with Crippen molar-refractivity contribution >= 4 is 23.6 Å². The van der Waals surface area contributed by atoms with Crippen LogP contribution in [-0.2, 0) is 27.2 Å². The highest BCUT2D eigenvalue weighted by atomic mass is 32.2. The van der Waals surface area contributed by atoms with Gasteiger partial charge in [0.2, 0.25) is 5.91 Å². The molecule has 1 amide bonds. The number of esters is 1. The molecule has 0 radical (unpaired) electrons.